The zero-order chi connectivity index (χ0) is 14.3. The molecule has 5 nitrogen and oxygen atoms in total. The molecule has 0 unspecified atom stereocenters. The van der Waals surface area contributed by atoms with Gasteiger partial charge in [0.25, 0.3) is 0 Å². The molecule has 0 aromatic heterocycles. The fourth-order valence-electron chi connectivity index (χ4n) is 1.88. The van der Waals surface area contributed by atoms with E-state index in [0.29, 0.717) is 25.1 Å². The molecule has 0 aliphatic rings. The maximum absolute atomic E-state index is 12.1. The molecule has 1 rings (SSSR count). The van der Waals surface area contributed by atoms with Crippen LogP contribution >= 0.6 is 0 Å². The average Bonchev–Trinajstić information content (AvgIpc) is 2.40. The Labute approximate surface area is 112 Å². The number of carboxylic acids is 1. The number of carbonyl (C=O) groups excluding carboxylic acids is 1. The summed E-state index contributed by atoms with van der Waals surface area (Å²) >= 11 is 0. The lowest BCUT2D eigenvalue weighted by molar-refractivity contribution is -0.130. The Hall–Kier alpha value is -1.88. The van der Waals surface area contributed by atoms with Crippen LogP contribution in [0.15, 0.2) is 24.3 Å². The molecule has 0 saturated heterocycles. The zero-order valence-electron chi connectivity index (χ0n) is 11.0. The standard InChI is InChI=1S/C14H19NO4/c1-2-15(8-5-9-16)13(17)10-11-6-3-4-7-12(11)14(18)19/h3-4,6-7,16H,2,5,8-10H2,1H3,(H,18,19). The van der Waals surface area contributed by atoms with Crippen LogP contribution in [0.1, 0.15) is 29.3 Å². The Morgan fingerprint density at radius 3 is 2.53 bits per heavy atom. The molecular weight excluding hydrogens is 246 g/mol. The van der Waals surface area contributed by atoms with Crippen LogP contribution in [0, 0.1) is 0 Å². The van der Waals surface area contributed by atoms with Crippen molar-refractivity contribution in [2.24, 2.45) is 0 Å². The topological polar surface area (TPSA) is 77.8 Å². The summed E-state index contributed by atoms with van der Waals surface area (Å²) in [5, 5.41) is 17.8. The molecule has 1 aromatic carbocycles. The summed E-state index contributed by atoms with van der Waals surface area (Å²) in [5.74, 6) is -1.15. The summed E-state index contributed by atoms with van der Waals surface area (Å²) < 4.78 is 0. The SMILES string of the molecule is CCN(CCCO)C(=O)Cc1ccccc1C(=O)O. The van der Waals surface area contributed by atoms with E-state index in [1.165, 1.54) is 6.07 Å². The van der Waals surface area contributed by atoms with Gasteiger partial charge < -0.3 is 15.1 Å². The van der Waals surface area contributed by atoms with Gasteiger partial charge in [-0.25, -0.2) is 4.79 Å². The molecule has 0 saturated carbocycles. The molecule has 0 fully saturated rings. The third kappa shape index (κ3) is 4.37. The van der Waals surface area contributed by atoms with Gasteiger partial charge in [0.2, 0.25) is 5.91 Å². The molecule has 1 amide bonds. The molecule has 2 N–H and O–H groups in total. The summed E-state index contributed by atoms with van der Waals surface area (Å²) in [6.45, 7) is 2.93. The first kappa shape index (κ1) is 15.2. The fourth-order valence-corrected chi connectivity index (χ4v) is 1.88. The van der Waals surface area contributed by atoms with Crippen LogP contribution in [-0.2, 0) is 11.2 Å². The number of aliphatic hydroxyl groups excluding tert-OH is 1. The Morgan fingerprint density at radius 2 is 1.95 bits per heavy atom. The van der Waals surface area contributed by atoms with E-state index in [1.54, 1.807) is 23.1 Å². The predicted octanol–water partition coefficient (Wildman–Crippen LogP) is 1.16. The zero-order valence-corrected chi connectivity index (χ0v) is 11.0. The first-order valence-corrected chi connectivity index (χ1v) is 6.30. The molecule has 0 radical (unpaired) electrons. The van der Waals surface area contributed by atoms with Gasteiger partial charge in [-0.1, -0.05) is 18.2 Å². The smallest absolute Gasteiger partial charge is 0.335 e. The average molecular weight is 265 g/mol. The molecule has 104 valence electrons. The maximum atomic E-state index is 12.1. The highest BCUT2D eigenvalue weighted by atomic mass is 16.4. The Balaban J connectivity index is 2.78. The van der Waals surface area contributed by atoms with Crippen molar-refractivity contribution in [2.45, 2.75) is 19.8 Å². The largest absolute Gasteiger partial charge is 0.478 e. The van der Waals surface area contributed by atoms with Crippen LogP contribution in [0.5, 0.6) is 0 Å². The van der Waals surface area contributed by atoms with Crippen LogP contribution < -0.4 is 0 Å². The number of carboxylic acid groups (broad SMARTS) is 1. The van der Waals surface area contributed by atoms with Crippen molar-refractivity contribution >= 4 is 11.9 Å². The van der Waals surface area contributed by atoms with Crippen molar-refractivity contribution in [1.29, 1.82) is 0 Å². The van der Waals surface area contributed by atoms with Gasteiger partial charge in [-0.15, -0.1) is 0 Å². The minimum absolute atomic E-state index is 0.0372. The summed E-state index contributed by atoms with van der Waals surface area (Å²) in [5.41, 5.74) is 0.677. The summed E-state index contributed by atoms with van der Waals surface area (Å²) in [7, 11) is 0. The second-order valence-electron chi connectivity index (χ2n) is 4.19. The quantitative estimate of drug-likeness (QED) is 0.775. The summed E-state index contributed by atoms with van der Waals surface area (Å²) in [6.07, 6.45) is 0.599. The second kappa shape index (κ2) is 7.53. The molecule has 5 heteroatoms. The fraction of sp³-hybridized carbons (Fsp3) is 0.429. The van der Waals surface area contributed by atoms with Gasteiger partial charge in [0.1, 0.15) is 0 Å². The number of carbonyl (C=O) groups is 2. The van der Waals surface area contributed by atoms with Crippen molar-refractivity contribution in [2.75, 3.05) is 19.7 Å². The maximum Gasteiger partial charge on any atom is 0.335 e. The number of hydrogen-bond donors (Lipinski definition) is 2. The summed E-state index contributed by atoms with van der Waals surface area (Å²) in [4.78, 5) is 24.8. The van der Waals surface area contributed by atoms with E-state index in [2.05, 4.69) is 0 Å². The van der Waals surface area contributed by atoms with Crippen LogP contribution in [0.3, 0.4) is 0 Å². The molecule has 0 heterocycles. The second-order valence-corrected chi connectivity index (χ2v) is 4.19. The van der Waals surface area contributed by atoms with Gasteiger partial charge in [-0.05, 0) is 25.0 Å². The van der Waals surface area contributed by atoms with Crippen molar-refractivity contribution in [3.63, 3.8) is 0 Å². The number of aromatic carboxylic acids is 1. The van der Waals surface area contributed by atoms with Crippen LogP contribution in [0.2, 0.25) is 0 Å². The van der Waals surface area contributed by atoms with Crippen LogP contribution in [-0.4, -0.2) is 46.7 Å². The van der Waals surface area contributed by atoms with E-state index in [1.807, 2.05) is 6.92 Å². The summed E-state index contributed by atoms with van der Waals surface area (Å²) in [6, 6.07) is 6.51. The highest BCUT2D eigenvalue weighted by molar-refractivity contribution is 5.91. The molecule has 1 aromatic rings. The van der Waals surface area contributed by atoms with Crippen molar-refractivity contribution in [1.82, 2.24) is 4.90 Å². The van der Waals surface area contributed by atoms with Gasteiger partial charge in [-0.3, -0.25) is 4.79 Å². The van der Waals surface area contributed by atoms with Gasteiger partial charge >= 0.3 is 5.97 Å². The monoisotopic (exact) mass is 265 g/mol. The van der Waals surface area contributed by atoms with Gasteiger partial charge in [0.15, 0.2) is 0 Å². The van der Waals surface area contributed by atoms with Gasteiger partial charge in [-0.2, -0.15) is 0 Å². The number of hydrogen-bond acceptors (Lipinski definition) is 3. The number of benzene rings is 1. The third-order valence-corrected chi connectivity index (χ3v) is 2.91. The first-order valence-electron chi connectivity index (χ1n) is 6.30. The van der Waals surface area contributed by atoms with Gasteiger partial charge in [0, 0.05) is 19.7 Å². The first-order chi connectivity index (χ1) is 9.10. The molecule has 0 atom stereocenters. The van der Waals surface area contributed by atoms with Crippen molar-refractivity contribution in [3.05, 3.63) is 35.4 Å². The van der Waals surface area contributed by atoms with Gasteiger partial charge in [0.05, 0.1) is 12.0 Å². The minimum atomic E-state index is -1.03. The van der Waals surface area contributed by atoms with Crippen molar-refractivity contribution < 1.29 is 19.8 Å². The van der Waals surface area contributed by atoms with Crippen LogP contribution in [0.25, 0.3) is 0 Å². The van der Waals surface area contributed by atoms with Crippen molar-refractivity contribution in [3.8, 4) is 0 Å². The van der Waals surface area contributed by atoms with E-state index in [-0.39, 0.29) is 24.5 Å². The number of amides is 1. The Morgan fingerprint density at radius 1 is 1.26 bits per heavy atom. The number of nitrogens with zero attached hydrogens (tertiary/aromatic N) is 1. The number of rotatable bonds is 7. The highest BCUT2D eigenvalue weighted by Gasteiger charge is 2.16. The van der Waals surface area contributed by atoms with E-state index >= 15 is 0 Å². The molecule has 0 spiro atoms. The highest BCUT2D eigenvalue weighted by Crippen LogP contribution is 2.11. The molecule has 0 aliphatic carbocycles. The molecular formula is C14H19NO4. The minimum Gasteiger partial charge on any atom is -0.478 e. The lowest BCUT2D eigenvalue weighted by Gasteiger charge is -2.20. The van der Waals surface area contributed by atoms with E-state index in [9.17, 15) is 9.59 Å². The van der Waals surface area contributed by atoms with Crippen LogP contribution in [0.4, 0.5) is 0 Å². The van der Waals surface area contributed by atoms with E-state index in [4.69, 9.17) is 10.2 Å². The van der Waals surface area contributed by atoms with E-state index in [0.717, 1.165) is 0 Å². The number of likely N-dealkylation sites (N-methyl/N-ethyl adjacent to an activating group) is 1. The lowest BCUT2D eigenvalue weighted by atomic mass is 10.0. The normalized spacial score (nSPS) is 10.2. The Kier molecular flexibility index (Phi) is 6.02. The Bertz CT molecular complexity index is 445. The third-order valence-electron chi connectivity index (χ3n) is 2.91. The van der Waals surface area contributed by atoms with E-state index < -0.39 is 5.97 Å². The lowest BCUT2D eigenvalue weighted by Crippen LogP contribution is -2.33. The molecule has 0 bridgehead atoms. The number of aliphatic hydroxyl groups is 1. The molecule has 19 heavy (non-hydrogen) atoms. The predicted molar refractivity (Wildman–Crippen MR) is 71.1 cm³/mol. The molecule has 0 aliphatic heterocycles.